The van der Waals surface area contributed by atoms with Crippen molar-refractivity contribution >= 4 is 12.0 Å². The monoisotopic (exact) mass is 205 g/mol. The lowest BCUT2D eigenvalue weighted by Gasteiger charge is -2.31. The average molecular weight is 205 g/mol. The fourth-order valence-electron chi connectivity index (χ4n) is 1.50. The molecule has 4 N–H and O–H groups in total. The number of amides is 2. The number of nitrogens with two attached hydrogens (primary N) is 1. The van der Waals surface area contributed by atoms with Gasteiger partial charge >= 0.3 is 6.09 Å². The Morgan fingerprint density at radius 1 is 1.50 bits per heavy atom. The van der Waals surface area contributed by atoms with Crippen LogP contribution >= 0.6 is 0 Å². The lowest BCUT2D eigenvalue weighted by molar-refractivity contribution is -0.127. The Labute approximate surface area is 79.8 Å². The number of hydrogen-bond donors (Lipinski definition) is 3. The smallest absolute Gasteiger partial charge is 0.407 e. The molecule has 1 saturated heterocycles. The zero-order chi connectivity index (χ0) is 10.7. The van der Waals surface area contributed by atoms with Crippen molar-refractivity contribution in [2.75, 3.05) is 13.1 Å². The van der Waals surface area contributed by atoms with Crippen LogP contribution in [-0.2, 0) is 4.79 Å². The van der Waals surface area contributed by atoms with Gasteiger partial charge in [-0.2, -0.15) is 0 Å². The summed E-state index contributed by atoms with van der Waals surface area (Å²) in [4.78, 5) is 22.5. The number of alkyl halides is 1. The molecule has 1 aliphatic heterocycles. The molecule has 1 fully saturated rings. The molecule has 0 bridgehead atoms. The van der Waals surface area contributed by atoms with Gasteiger partial charge in [-0.05, 0) is 6.42 Å². The summed E-state index contributed by atoms with van der Waals surface area (Å²) < 4.78 is 13.0. The molecule has 80 valence electrons. The van der Waals surface area contributed by atoms with Crippen LogP contribution in [0.5, 0.6) is 0 Å². The Bertz CT molecular complexity index is 248. The van der Waals surface area contributed by atoms with Gasteiger partial charge in [-0.15, -0.1) is 0 Å². The zero-order valence-electron chi connectivity index (χ0n) is 7.44. The van der Waals surface area contributed by atoms with Crippen molar-refractivity contribution in [1.82, 2.24) is 10.3 Å². The topological polar surface area (TPSA) is 95.7 Å². The number of nitrogens with zero attached hydrogens (tertiary/aromatic N) is 1. The molecular weight excluding hydrogens is 193 g/mol. The molecular formula is C7H12FN3O3. The summed E-state index contributed by atoms with van der Waals surface area (Å²) in [5.74, 6) is 3.66. The Balaban J connectivity index is 2.62. The molecule has 0 radical (unpaired) electrons. The van der Waals surface area contributed by atoms with E-state index >= 15 is 0 Å². The van der Waals surface area contributed by atoms with Gasteiger partial charge in [0, 0.05) is 6.54 Å². The van der Waals surface area contributed by atoms with Gasteiger partial charge in [-0.25, -0.2) is 15.0 Å². The van der Waals surface area contributed by atoms with Gasteiger partial charge in [-0.1, -0.05) is 0 Å². The molecule has 1 aliphatic rings. The predicted octanol–water partition coefficient (Wildman–Crippen LogP) is -0.686. The number of piperidine rings is 1. The molecule has 0 aromatic rings. The molecule has 14 heavy (non-hydrogen) atoms. The van der Waals surface area contributed by atoms with Crippen LogP contribution in [-0.4, -0.2) is 41.3 Å². The summed E-state index contributed by atoms with van der Waals surface area (Å²) in [7, 11) is 0. The molecule has 1 heterocycles. The van der Waals surface area contributed by atoms with Crippen molar-refractivity contribution in [3.63, 3.8) is 0 Å². The summed E-state index contributed by atoms with van der Waals surface area (Å²) in [6, 6.07) is 0. The summed E-state index contributed by atoms with van der Waals surface area (Å²) in [5, 5.41) is 8.62. The van der Waals surface area contributed by atoms with Crippen LogP contribution in [0.15, 0.2) is 0 Å². The van der Waals surface area contributed by atoms with Crippen LogP contribution in [0.4, 0.5) is 9.18 Å². The molecule has 2 amide bonds. The fourth-order valence-corrected chi connectivity index (χ4v) is 1.50. The number of hydrogen-bond acceptors (Lipinski definition) is 3. The van der Waals surface area contributed by atoms with E-state index in [1.165, 1.54) is 0 Å². The molecule has 1 rings (SSSR count). The lowest BCUT2D eigenvalue weighted by Crippen LogP contribution is -2.50. The van der Waals surface area contributed by atoms with Gasteiger partial charge in [0.25, 0.3) is 0 Å². The second-order valence-corrected chi connectivity index (χ2v) is 3.23. The Kier molecular flexibility index (Phi) is 3.23. The first kappa shape index (κ1) is 10.7. The standard InChI is InChI=1S/C7H12FN3O3/c8-5-1-4(6(12)10-9)2-11(3-5)7(13)14/h4-5H,1-3,9H2,(H,10,12)(H,13,14)/t4-,5+/m0/s1. The average Bonchev–Trinajstić information content (AvgIpc) is 2.15. The van der Waals surface area contributed by atoms with Crippen LogP contribution < -0.4 is 11.3 Å². The summed E-state index contributed by atoms with van der Waals surface area (Å²) in [5.41, 5.74) is 1.89. The minimum atomic E-state index is -1.30. The number of nitrogens with one attached hydrogen (secondary N) is 1. The Morgan fingerprint density at radius 2 is 2.14 bits per heavy atom. The quantitative estimate of drug-likeness (QED) is 0.300. The third-order valence-corrected chi connectivity index (χ3v) is 2.18. The third kappa shape index (κ3) is 2.32. The van der Waals surface area contributed by atoms with E-state index in [1.807, 2.05) is 5.43 Å². The second kappa shape index (κ2) is 4.23. The van der Waals surface area contributed by atoms with Crippen LogP contribution in [0, 0.1) is 5.92 Å². The van der Waals surface area contributed by atoms with E-state index < -0.39 is 24.1 Å². The van der Waals surface area contributed by atoms with Crippen molar-refractivity contribution in [3.8, 4) is 0 Å². The Hall–Kier alpha value is -1.37. The molecule has 7 heteroatoms. The third-order valence-electron chi connectivity index (χ3n) is 2.18. The number of hydrazine groups is 1. The Morgan fingerprint density at radius 3 is 2.64 bits per heavy atom. The summed E-state index contributed by atoms with van der Waals surface area (Å²) in [6.07, 6.45) is -2.50. The van der Waals surface area contributed by atoms with E-state index in [0.29, 0.717) is 0 Å². The van der Waals surface area contributed by atoms with Crippen molar-refractivity contribution in [1.29, 1.82) is 0 Å². The molecule has 0 unspecified atom stereocenters. The molecule has 6 nitrogen and oxygen atoms in total. The van der Waals surface area contributed by atoms with Gasteiger partial charge in [0.1, 0.15) is 6.17 Å². The number of halogens is 1. The largest absolute Gasteiger partial charge is 0.465 e. The number of carbonyl (C=O) groups excluding carboxylic acids is 1. The van der Waals surface area contributed by atoms with E-state index in [1.54, 1.807) is 0 Å². The van der Waals surface area contributed by atoms with Crippen LogP contribution in [0.1, 0.15) is 6.42 Å². The van der Waals surface area contributed by atoms with E-state index in [2.05, 4.69) is 0 Å². The molecule has 0 saturated carbocycles. The molecule has 2 atom stereocenters. The lowest BCUT2D eigenvalue weighted by atomic mass is 9.96. The molecule has 0 aliphatic carbocycles. The highest BCUT2D eigenvalue weighted by atomic mass is 19.1. The van der Waals surface area contributed by atoms with Crippen LogP contribution in [0.2, 0.25) is 0 Å². The van der Waals surface area contributed by atoms with E-state index in [-0.39, 0.29) is 19.5 Å². The predicted molar refractivity (Wildman–Crippen MR) is 44.9 cm³/mol. The van der Waals surface area contributed by atoms with Gasteiger partial charge in [0.15, 0.2) is 0 Å². The second-order valence-electron chi connectivity index (χ2n) is 3.23. The van der Waals surface area contributed by atoms with Crippen molar-refractivity contribution in [2.24, 2.45) is 11.8 Å². The van der Waals surface area contributed by atoms with Gasteiger partial charge in [0.05, 0.1) is 12.5 Å². The van der Waals surface area contributed by atoms with E-state index in [0.717, 1.165) is 4.90 Å². The van der Waals surface area contributed by atoms with E-state index in [9.17, 15) is 14.0 Å². The molecule has 0 aromatic carbocycles. The molecule has 0 spiro atoms. The molecule has 0 aromatic heterocycles. The van der Waals surface area contributed by atoms with Crippen LogP contribution in [0.3, 0.4) is 0 Å². The SMILES string of the molecule is NNC(=O)[C@H]1C[C@@H](F)CN(C(=O)O)C1. The minimum absolute atomic E-state index is 0.00120. The summed E-state index contributed by atoms with van der Waals surface area (Å²) >= 11 is 0. The highest BCUT2D eigenvalue weighted by molar-refractivity contribution is 5.79. The minimum Gasteiger partial charge on any atom is -0.465 e. The maximum atomic E-state index is 13.0. The normalized spacial score (nSPS) is 27.1. The van der Waals surface area contributed by atoms with Gasteiger partial charge < -0.3 is 10.0 Å². The zero-order valence-corrected chi connectivity index (χ0v) is 7.44. The first-order chi connectivity index (χ1) is 6.54. The number of likely N-dealkylation sites (tertiary alicyclic amines) is 1. The highest BCUT2D eigenvalue weighted by Crippen LogP contribution is 2.19. The summed E-state index contributed by atoms with van der Waals surface area (Å²) in [6.45, 7) is -0.178. The number of rotatable bonds is 1. The van der Waals surface area contributed by atoms with Crippen LogP contribution in [0.25, 0.3) is 0 Å². The van der Waals surface area contributed by atoms with Crippen molar-refractivity contribution in [2.45, 2.75) is 12.6 Å². The fraction of sp³-hybridized carbons (Fsp3) is 0.714. The van der Waals surface area contributed by atoms with Gasteiger partial charge in [0.2, 0.25) is 5.91 Å². The van der Waals surface area contributed by atoms with E-state index in [4.69, 9.17) is 10.9 Å². The first-order valence-corrected chi connectivity index (χ1v) is 4.17. The maximum Gasteiger partial charge on any atom is 0.407 e. The first-order valence-electron chi connectivity index (χ1n) is 4.17. The number of carbonyl (C=O) groups is 2. The van der Waals surface area contributed by atoms with Gasteiger partial charge in [-0.3, -0.25) is 10.2 Å². The maximum absolute atomic E-state index is 13.0. The number of carboxylic acid groups (broad SMARTS) is 1. The highest BCUT2D eigenvalue weighted by Gasteiger charge is 2.33. The van der Waals surface area contributed by atoms with Crippen molar-refractivity contribution < 1.29 is 19.1 Å². The van der Waals surface area contributed by atoms with Crippen molar-refractivity contribution in [3.05, 3.63) is 0 Å².